The first-order valence-electron chi connectivity index (χ1n) is 9.84. The first-order chi connectivity index (χ1) is 13.0. The number of hydrogen-bond donors (Lipinski definition) is 2. The minimum Gasteiger partial charge on any atom is -0.368 e. The first-order valence-corrected chi connectivity index (χ1v) is 10.2. The summed E-state index contributed by atoms with van der Waals surface area (Å²) in [6, 6.07) is 7.72. The largest absolute Gasteiger partial charge is 0.368 e. The molecule has 3 aliphatic rings. The predicted molar refractivity (Wildman–Crippen MR) is 106 cm³/mol. The number of nitrogens with two attached hydrogens (primary N) is 1. The predicted octanol–water partition coefficient (Wildman–Crippen LogP) is 1.48. The van der Waals surface area contributed by atoms with Gasteiger partial charge in [-0.1, -0.05) is 17.7 Å². The smallest absolute Gasteiger partial charge is 0.242 e. The summed E-state index contributed by atoms with van der Waals surface area (Å²) < 4.78 is 0. The van der Waals surface area contributed by atoms with Crippen LogP contribution in [-0.2, 0) is 9.59 Å². The quantitative estimate of drug-likeness (QED) is 0.816. The highest BCUT2D eigenvalue weighted by atomic mass is 35.5. The van der Waals surface area contributed by atoms with Crippen LogP contribution in [0.15, 0.2) is 24.3 Å². The van der Waals surface area contributed by atoms with Crippen LogP contribution in [0, 0.1) is 17.8 Å². The number of nitrogens with zero attached hydrogens (tertiary/aromatic N) is 2. The number of halogens is 1. The van der Waals surface area contributed by atoms with Crippen LogP contribution in [0.3, 0.4) is 0 Å². The number of piperazine rings is 1. The van der Waals surface area contributed by atoms with Gasteiger partial charge in [0.25, 0.3) is 0 Å². The lowest BCUT2D eigenvalue weighted by molar-refractivity contribution is -0.134. The molecule has 2 aliphatic carbocycles. The van der Waals surface area contributed by atoms with Crippen molar-refractivity contribution in [1.29, 1.82) is 0 Å². The van der Waals surface area contributed by atoms with E-state index in [0.717, 1.165) is 38.0 Å². The highest BCUT2D eigenvalue weighted by Gasteiger charge is 2.49. The first kappa shape index (κ1) is 18.6. The highest BCUT2D eigenvalue weighted by Crippen LogP contribution is 2.47. The fraction of sp³-hybridized carbons (Fsp3) is 0.600. The summed E-state index contributed by atoms with van der Waals surface area (Å²) in [5.74, 6) is 0.713. The Bertz CT molecular complexity index is 718. The average molecular weight is 391 g/mol. The molecule has 0 aromatic heterocycles. The summed E-state index contributed by atoms with van der Waals surface area (Å²) in [5.41, 5.74) is 7.30. The van der Waals surface area contributed by atoms with E-state index in [1.54, 1.807) is 0 Å². The molecule has 146 valence electrons. The molecule has 2 amide bonds. The van der Waals surface area contributed by atoms with Gasteiger partial charge in [0.2, 0.25) is 11.8 Å². The number of rotatable bonds is 4. The molecule has 6 nitrogen and oxygen atoms in total. The van der Waals surface area contributed by atoms with Gasteiger partial charge >= 0.3 is 0 Å². The van der Waals surface area contributed by atoms with Crippen molar-refractivity contribution in [1.82, 2.24) is 10.2 Å². The summed E-state index contributed by atoms with van der Waals surface area (Å²) in [4.78, 5) is 29.1. The maximum atomic E-state index is 12.5. The molecular weight excluding hydrogens is 364 g/mol. The lowest BCUT2D eigenvalue weighted by Gasteiger charge is -2.36. The van der Waals surface area contributed by atoms with Crippen LogP contribution in [0.1, 0.15) is 19.3 Å². The molecule has 2 saturated carbocycles. The SMILES string of the molecule is NC1C2CCC(C2)C1C(=O)NCC(=O)N1CCN(c2cccc(Cl)c2)CC1. The van der Waals surface area contributed by atoms with Crippen LogP contribution in [0.5, 0.6) is 0 Å². The zero-order chi connectivity index (χ0) is 19.0. The fourth-order valence-corrected chi connectivity index (χ4v) is 5.19. The lowest BCUT2D eigenvalue weighted by Crippen LogP contribution is -2.52. The molecule has 4 unspecified atom stereocenters. The van der Waals surface area contributed by atoms with E-state index in [2.05, 4.69) is 10.2 Å². The topological polar surface area (TPSA) is 78.7 Å². The molecule has 1 aliphatic heterocycles. The van der Waals surface area contributed by atoms with Crippen LogP contribution in [0.25, 0.3) is 0 Å². The minimum atomic E-state index is -0.115. The molecule has 0 spiro atoms. The maximum absolute atomic E-state index is 12.5. The standard InChI is InChI=1S/C20H27ClN4O2/c21-15-2-1-3-16(11-15)24-6-8-25(9-7-24)17(26)12-23-20(27)18-13-4-5-14(10-13)19(18)22/h1-3,11,13-14,18-19H,4-10,12,22H2,(H,23,27). The van der Waals surface area contributed by atoms with E-state index in [9.17, 15) is 9.59 Å². The molecule has 4 rings (SSSR count). The molecule has 2 bridgehead atoms. The average Bonchev–Trinajstić information content (AvgIpc) is 3.27. The van der Waals surface area contributed by atoms with Gasteiger partial charge in [0.15, 0.2) is 0 Å². The van der Waals surface area contributed by atoms with Crippen LogP contribution < -0.4 is 16.0 Å². The zero-order valence-corrected chi connectivity index (χ0v) is 16.2. The number of hydrogen-bond acceptors (Lipinski definition) is 4. The van der Waals surface area contributed by atoms with Gasteiger partial charge < -0.3 is 20.9 Å². The van der Waals surface area contributed by atoms with Gasteiger partial charge in [-0.05, 0) is 49.3 Å². The van der Waals surface area contributed by atoms with Gasteiger partial charge in [0, 0.05) is 42.9 Å². The van der Waals surface area contributed by atoms with Crippen LogP contribution in [0.2, 0.25) is 5.02 Å². The van der Waals surface area contributed by atoms with E-state index in [1.165, 1.54) is 0 Å². The van der Waals surface area contributed by atoms with E-state index in [-0.39, 0.29) is 30.3 Å². The number of carbonyl (C=O) groups is 2. The molecule has 1 aromatic rings. The Morgan fingerprint density at radius 2 is 1.89 bits per heavy atom. The van der Waals surface area contributed by atoms with Crippen molar-refractivity contribution < 1.29 is 9.59 Å². The second-order valence-corrected chi connectivity index (χ2v) is 8.44. The Hall–Kier alpha value is -1.79. The van der Waals surface area contributed by atoms with E-state index < -0.39 is 0 Å². The Kier molecular flexibility index (Phi) is 5.28. The fourth-order valence-electron chi connectivity index (χ4n) is 5.00. The van der Waals surface area contributed by atoms with Gasteiger partial charge in [0.1, 0.15) is 0 Å². The Balaban J connectivity index is 1.24. The molecule has 0 radical (unpaired) electrons. The van der Waals surface area contributed by atoms with Crippen molar-refractivity contribution in [3.63, 3.8) is 0 Å². The summed E-state index contributed by atoms with van der Waals surface area (Å²) >= 11 is 6.06. The molecule has 1 saturated heterocycles. The second kappa shape index (κ2) is 7.68. The summed E-state index contributed by atoms with van der Waals surface area (Å²) in [6.45, 7) is 2.88. The second-order valence-electron chi connectivity index (χ2n) is 8.00. The van der Waals surface area contributed by atoms with Crippen LogP contribution in [0.4, 0.5) is 5.69 Å². The lowest BCUT2D eigenvalue weighted by atomic mass is 9.84. The van der Waals surface area contributed by atoms with Crippen molar-refractivity contribution in [2.45, 2.75) is 25.3 Å². The molecular formula is C20H27ClN4O2. The summed E-state index contributed by atoms with van der Waals surface area (Å²) in [5, 5.41) is 3.56. The third-order valence-corrected chi connectivity index (χ3v) is 6.74. The molecule has 27 heavy (non-hydrogen) atoms. The van der Waals surface area contributed by atoms with Crippen molar-refractivity contribution in [2.24, 2.45) is 23.5 Å². The Labute approximate surface area is 165 Å². The van der Waals surface area contributed by atoms with Crippen molar-refractivity contribution >= 4 is 29.1 Å². The number of carbonyl (C=O) groups excluding carboxylic acids is 2. The molecule has 7 heteroatoms. The normalized spacial score (nSPS) is 29.9. The molecule has 1 aromatic carbocycles. The number of fused-ring (bicyclic) bond motifs is 2. The highest BCUT2D eigenvalue weighted by molar-refractivity contribution is 6.30. The van der Waals surface area contributed by atoms with Gasteiger partial charge in [-0.25, -0.2) is 0 Å². The zero-order valence-electron chi connectivity index (χ0n) is 15.4. The molecule has 1 heterocycles. The van der Waals surface area contributed by atoms with E-state index in [1.807, 2.05) is 29.2 Å². The van der Waals surface area contributed by atoms with Gasteiger partial charge in [-0.15, -0.1) is 0 Å². The van der Waals surface area contributed by atoms with Crippen molar-refractivity contribution in [3.8, 4) is 0 Å². The number of nitrogens with one attached hydrogen (secondary N) is 1. The molecule has 3 N–H and O–H groups in total. The van der Waals surface area contributed by atoms with Gasteiger partial charge in [0.05, 0.1) is 12.5 Å². The van der Waals surface area contributed by atoms with Crippen LogP contribution >= 0.6 is 11.6 Å². The van der Waals surface area contributed by atoms with Crippen molar-refractivity contribution in [3.05, 3.63) is 29.3 Å². The minimum absolute atomic E-state index is 0.0224. The van der Waals surface area contributed by atoms with E-state index >= 15 is 0 Å². The molecule has 4 atom stereocenters. The summed E-state index contributed by atoms with van der Waals surface area (Å²) in [6.07, 6.45) is 3.31. The molecule has 3 fully saturated rings. The summed E-state index contributed by atoms with van der Waals surface area (Å²) in [7, 11) is 0. The number of amides is 2. The Morgan fingerprint density at radius 1 is 1.15 bits per heavy atom. The van der Waals surface area contributed by atoms with Crippen LogP contribution in [-0.4, -0.2) is 55.5 Å². The third kappa shape index (κ3) is 3.78. The maximum Gasteiger partial charge on any atom is 0.242 e. The van der Waals surface area contributed by atoms with Crippen molar-refractivity contribution in [2.75, 3.05) is 37.6 Å². The van der Waals surface area contributed by atoms with E-state index in [4.69, 9.17) is 17.3 Å². The van der Waals surface area contributed by atoms with E-state index in [0.29, 0.717) is 29.9 Å². The van der Waals surface area contributed by atoms with Gasteiger partial charge in [-0.3, -0.25) is 9.59 Å². The number of benzene rings is 1. The Morgan fingerprint density at radius 3 is 2.56 bits per heavy atom. The third-order valence-electron chi connectivity index (χ3n) is 6.50. The monoisotopic (exact) mass is 390 g/mol. The number of anilines is 1. The van der Waals surface area contributed by atoms with Gasteiger partial charge in [-0.2, -0.15) is 0 Å².